The molecule has 1 fully saturated rings. The molecule has 0 unspecified atom stereocenters. The molecule has 1 aliphatic carbocycles. The molecule has 2 aromatic rings. The second-order valence-corrected chi connectivity index (χ2v) is 8.57. The van der Waals surface area contributed by atoms with Crippen LogP contribution in [0.25, 0.3) is 0 Å². The lowest BCUT2D eigenvalue weighted by Gasteiger charge is -2.27. The normalized spacial score (nSPS) is 18.2. The third kappa shape index (κ3) is 6.79. The Kier molecular flexibility index (Phi) is 8.85. The van der Waals surface area contributed by atoms with Gasteiger partial charge in [-0.15, -0.1) is 0 Å². The fourth-order valence-electron chi connectivity index (χ4n) is 4.24. The topological polar surface area (TPSA) is 82.6 Å². The summed E-state index contributed by atoms with van der Waals surface area (Å²) < 4.78 is 5.91. The van der Waals surface area contributed by atoms with Crippen LogP contribution in [0, 0.1) is 28.6 Å². The van der Waals surface area contributed by atoms with E-state index in [1.54, 1.807) is 18.2 Å². The maximum absolute atomic E-state index is 9.15. The van der Waals surface area contributed by atoms with Gasteiger partial charge in [-0.3, -0.25) is 0 Å². The van der Waals surface area contributed by atoms with Crippen molar-refractivity contribution in [1.29, 1.82) is 10.5 Å². The number of aryl methyl sites for hydroxylation is 1. The van der Waals surface area contributed by atoms with Crippen LogP contribution in [-0.4, -0.2) is 16.6 Å². The number of rotatable bonds is 10. The van der Waals surface area contributed by atoms with Gasteiger partial charge in [-0.2, -0.15) is 10.5 Å². The Hall–Kier alpha value is -2.92. The van der Waals surface area contributed by atoms with Crippen LogP contribution in [0.3, 0.4) is 0 Å². The molecule has 31 heavy (non-hydrogen) atoms. The Morgan fingerprint density at radius 3 is 2.32 bits per heavy atom. The Balaban J connectivity index is 1.41. The number of benzene rings is 1. The Labute approximate surface area is 186 Å². The Morgan fingerprint density at radius 1 is 0.935 bits per heavy atom. The lowest BCUT2D eigenvalue weighted by Crippen LogP contribution is -2.20. The lowest BCUT2D eigenvalue weighted by atomic mass is 9.82. The highest BCUT2D eigenvalue weighted by Crippen LogP contribution is 2.34. The number of nitrogens with zero attached hydrogens (tertiary/aromatic N) is 4. The minimum atomic E-state index is 0.366. The van der Waals surface area contributed by atoms with Gasteiger partial charge in [0.05, 0.1) is 17.7 Å². The molecule has 1 heterocycles. The molecule has 0 spiro atoms. The van der Waals surface area contributed by atoms with Crippen molar-refractivity contribution >= 4 is 0 Å². The molecule has 0 bridgehead atoms. The van der Waals surface area contributed by atoms with E-state index in [1.807, 2.05) is 18.5 Å². The molecular weight excluding hydrogens is 384 g/mol. The molecule has 1 aromatic carbocycles. The molecule has 0 N–H and O–H groups in total. The number of ether oxygens (including phenoxy) is 1. The predicted molar refractivity (Wildman–Crippen MR) is 121 cm³/mol. The van der Waals surface area contributed by atoms with E-state index in [0.717, 1.165) is 37.9 Å². The SMILES string of the molecule is CCCCCCCc1cnc(C2CCC(COc3ccc(C#N)c(C#N)c3)CC2)nc1. The standard InChI is InChI=1S/C26H32N4O/c1-2-3-4-5-6-7-21-17-29-26(30-18-21)22-10-8-20(9-11-22)19-31-25-13-12-23(15-27)24(14-25)16-28/h12-14,17-18,20,22H,2-11,19H2,1H3. The van der Waals surface area contributed by atoms with Gasteiger partial charge < -0.3 is 4.74 Å². The van der Waals surface area contributed by atoms with Crippen molar-refractivity contribution < 1.29 is 4.74 Å². The van der Waals surface area contributed by atoms with E-state index in [9.17, 15) is 0 Å². The quantitative estimate of drug-likeness (QED) is 0.438. The van der Waals surface area contributed by atoms with E-state index in [2.05, 4.69) is 23.0 Å². The summed E-state index contributed by atoms with van der Waals surface area (Å²) in [6, 6.07) is 9.16. The van der Waals surface area contributed by atoms with Crippen LogP contribution in [0.1, 0.15) is 93.1 Å². The van der Waals surface area contributed by atoms with Gasteiger partial charge in [0, 0.05) is 18.3 Å². The van der Waals surface area contributed by atoms with Crippen LogP contribution in [0.5, 0.6) is 5.75 Å². The highest BCUT2D eigenvalue weighted by Gasteiger charge is 2.24. The number of hydrogen-bond acceptors (Lipinski definition) is 5. The van der Waals surface area contributed by atoms with E-state index in [1.165, 1.54) is 37.7 Å². The molecule has 0 amide bonds. The average molecular weight is 417 g/mol. The number of aromatic nitrogens is 2. The van der Waals surface area contributed by atoms with E-state index in [0.29, 0.717) is 35.3 Å². The highest BCUT2D eigenvalue weighted by atomic mass is 16.5. The summed E-state index contributed by atoms with van der Waals surface area (Å²) in [5, 5.41) is 18.2. The van der Waals surface area contributed by atoms with Gasteiger partial charge >= 0.3 is 0 Å². The second-order valence-electron chi connectivity index (χ2n) is 8.57. The predicted octanol–water partition coefficient (Wildman–Crippen LogP) is 6.09. The van der Waals surface area contributed by atoms with E-state index in [4.69, 9.17) is 15.3 Å². The summed E-state index contributed by atoms with van der Waals surface area (Å²) in [6.45, 7) is 2.88. The molecule has 5 nitrogen and oxygen atoms in total. The number of nitriles is 2. The molecule has 0 saturated heterocycles. The zero-order valence-corrected chi connectivity index (χ0v) is 18.5. The van der Waals surface area contributed by atoms with E-state index >= 15 is 0 Å². The van der Waals surface area contributed by atoms with Gasteiger partial charge in [0.15, 0.2) is 0 Å². The van der Waals surface area contributed by atoms with Crippen LogP contribution in [0.2, 0.25) is 0 Å². The van der Waals surface area contributed by atoms with Gasteiger partial charge in [-0.25, -0.2) is 9.97 Å². The maximum atomic E-state index is 9.15. The fraction of sp³-hybridized carbons (Fsp3) is 0.538. The highest BCUT2D eigenvalue weighted by molar-refractivity contribution is 5.49. The van der Waals surface area contributed by atoms with Crippen LogP contribution in [0.15, 0.2) is 30.6 Å². The first-order valence-corrected chi connectivity index (χ1v) is 11.6. The first-order valence-electron chi connectivity index (χ1n) is 11.6. The third-order valence-electron chi connectivity index (χ3n) is 6.22. The molecule has 5 heteroatoms. The molecule has 0 aliphatic heterocycles. The van der Waals surface area contributed by atoms with Gasteiger partial charge in [0.1, 0.15) is 23.7 Å². The number of hydrogen-bond donors (Lipinski definition) is 0. The van der Waals surface area contributed by atoms with Crippen molar-refractivity contribution in [2.45, 2.75) is 77.0 Å². The zero-order valence-electron chi connectivity index (χ0n) is 18.5. The van der Waals surface area contributed by atoms with Crippen LogP contribution in [-0.2, 0) is 6.42 Å². The molecule has 1 saturated carbocycles. The summed E-state index contributed by atoms with van der Waals surface area (Å²) in [7, 11) is 0. The van der Waals surface area contributed by atoms with Gasteiger partial charge in [0.2, 0.25) is 0 Å². The largest absolute Gasteiger partial charge is 0.493 e. The molecule has 3 rings (SSSR count). The van der Waals surface area contributed by atoms with Crippen molar-refractivity contribution in [2.24, 2.45) is 5.92 Å². The third-order valence-corrected chi connectivity index (χ3v) is 6.22. The second kappa shape index (κ2) is 12.1. The van der Waals surface area contributed by atoms with Crippen LogP contribution < -0.4 is 4.74 Å². The molecular formula is C26H32N4O. The van der Waals surface area contributed by atoms with Crippen molar-refractivity contribution in [3.05, 3.63) is 53.1 Å². The van der Waals surface area contributed by atoms with Gasteiger partial charge in [-0.1, -0.05) is 32.6 Å². The average Bonchev–Trinajstić information content (AvgIpc) is 2.83. The molecule has 162 valence electrons. The molecule has 1 aromatic heterocycles. The van der Waals surface area contributed by atoms with Crippen molar-refractivity contribution in [2.75, 3.05) is 6.61 Å². The summed E-state index contributed by atoms with van der Waals surface area (Å²) in [4.78, 5) is 9.34. The van der Waals surface area contributed by atoms with Gasteiger partial charge in [0.25, 0.3) is 0 Å². The van der Waals surface area contributed by atoms with Gasteiger partial charge in [-0.05, 0) is 68.2 Å². The fourth-order valence-corrected chi connectivity index (χ4v) is 4.24. The number of unbranched alkanes of at least 4 members (excludes halogenated alkanes) is 4. The molecule has 0 radical (unpaired) electrons. The van der Waals surface area contributed by atoms with Crippen LogP contribution >= 0.6 is 0 Å². The van der Waals surface area contributed by atoms with Crippen LogP contribution in [0.4, 0.5) is 0 Å². The summed E-state index contributed by atoms with van der Waals surface area (Å²) >= 11 is 0. The maximum Gasteiger partial charge on any atom is 0.131 e. The van der Waals surface area contributed by atoms with E-state index < -0.39 is 0 Å². The smallest absolute Gasteiger partial charge is 0.131 e. The van der Waals surface area contributed by atoms with Crippen molar-refractivity contribution in [3.63, 3.8) is 0 Å². The Bertz CT molecular complexity index is 902. The first kappa shape index (κ1) is 22.8. The molecule has 1 aliphatic rings. The monoisotopic (exact) mass is 416 g/mol. The minimum absolute atomic E-state index is 0.366. The first-order chi connectivity index (χ1) is 15.2. The summed E-state index contributed by atoms with van der Waals surface area (Å²) in [5.74, 6) is 2.58. The lowest BCUT2D eigenvalue weighted by molar-refractivity contribution is 0.198. The molecule has 0 atom stereocenters. The zero-order chi connectivity index (χ0) is 21.9. The van der Waals surface area contributed by atoms with E-state index in [-0.39, 0.29) is 0 Å². The Morgan fingerprint density at radius 2 is 1.65 bits per heavy atom. The van der Waals surface area contributed by atoms with Crippen molar-refractivity contribution in [3.8, 4) is 17.9 Å². The minimum Gasteiger partial charge on any atom is -0.493 e. The summed E-state index contributed by atoms with van der Waals surface area (Å²) in [5.41, 5.74) is 2.00. The summed E-state index contributed by atoms with van der Waals surface area (Å²) in [6.07, 6.45) is 15.9. The van der Waals surface area contributed by atoms with Crippen molar-refractivity contribution in [1.82, 2.24) is 9.97 Å².